The predicted octanol–water partition coefficient (Wildman–Crippen LogP) is 0.729. The molecule has 0 unspecified atom stereocenters. The first kappa shape index (κ1) is 10.3. The van der Waals surface area contributed by atoms with Gasteiger partial charge < -0.3 is 14.6 Å². The van der Waals surface area contributed by atoms with Crippen LogP contribution in [0.25, 0.3) is 0 Å². The van der Waals surface area contributed by atoms with E-state index in [2.05, 4.69) is 9.72 Å². The summed E-state index contributed by atoms with van der Waals surface area (Å²) in [6.45, 7) is 1.63. The number of rotatable bonds is 4. The van der Waals surface area contributed by atoms with Gasteiger partial charge in [0.25, 0.3) is 5.88 Å². The molecule has 14 heavy (non-hydrogen) atoms. The molecule has 0 aromatic carbocycles. The second-order valence-corrected chi connectivity index (χ2v) is 2.52. The van der Waals surface area contributed by atoms with Gasteiger partial charge in [-0.2, -0.15) is 0 Å². The second-order valence-electron chi connectivity index (χ2n) is 2.52. The van der Waals surface area contributed by atoms with Gasteiger partial charge in [0.05, 0.1) is 0 Å². The smallest absolute Gasteiger partial charge is 0.302 e. The highest BCUT2D eigenvalue weighted by Gasteiger charge is 2.01. The van der Waals surface area contributed by atoms with Crippen LogP contribution in [0.2, 0.25) is 0 Å². The first-order valence-electron chi connectivity index (χ1n) is 4.10. The van der Waals surface area contributed by atoms with Crippen LogP contribution in [0.15, 0.2) is 18.3 Å². The molecule has 1 aromatic rings. The molecule has 76 valence electrons. The molecule has 0 aliphatic rings. The van der Waals surface area contributed by atoms with Gasteiger partial charge in [-0.1, -0.05) is 0 Å². The molecule has 0 bridgehead atoms. The third kappa shape index (κ3) is 3.30. The zero-order valence-corrected chi connectivity index (χ0v) is 7.77. The van der Waals surface area contributed by atoms with Gasteiger partial charge >= 0.3 is 5.97 Å². The Bertz CT molecular complexity index is 313. The zero-order chi connectivity index (χ0) is 10.4. The standard InChI is InChI=1S/C9H11NO4/c1-7(11)13-5-6-14-9-8(12)3-2-4-10-9/h2-4,12H,5-6H2,1H3. The van der Waals surface area contributed by atoms with Crippen LogP contribution in [0, 0.1) is 0 Å². The zero-order valence-electron chi connectivity index (χ0n) is 7.77. The highest BCUT2D eigenvalue weighted by atomic mass is 16.6. The number of carbonyl (C=O) groups excluding carboxylic acids is 1. The number of nitrogens with zero attached hydrogens (tertiary/aromatic N) is 1. The van der Waals surface area contributed by atoms with E-state index < -0.39 is 0 Å². The predicted molar refractivity (Wildman–Crippen MR) is 48.0 cm³/mol. The van der Waals surface area contributed by atoms with Crippen molar-refractivity contribution in [2.24, 2.45) is 0 Å². The SMILES string of the molecule is CC(=O)OCCOc1ncccc1O. The van der Waals surface area contributed by atoms with E-state index in [0.717, 1.165) is 0 Å². The highest BCUT2D eigenvalue weighted by Crippen LogP contribution is 2.20. The summed E-state index contributed by atoms with van der Waals surface area (Å²) in [4.78, 5) is 14.2. The summed E-state index contributed by atoms with van der Waals surface area (Å²) in [5.41, 5.74) is 0. The molecule has 0 saturated carbocycles. The van der Waals surface area contributed by atoms with Crippen molar-refractivity contribution in [2.75, 3.05) is 13.2 Å². The van der Waals surface area contributed by atoms with Crippen molar-refractivity contribution in [2.45, 2.75) is 6.92 Å². The van der Waals surface area contributed by atoms with Crippen molar-refractivity contribution in [3.63, 3.8) is 0 Å². The Morgan fingerprint density at radius 2 is 2.36 bits per heavy atom. The summed E-state index contributed by atoms with van der Waals surface area (Å²) in [6, 6.07) is 3.06. The van der Waals surface area contributed by atoms with Crippen LogP contribution >= 0.6 is 0 Å². The minimum atomic E-state index is -0.362. The topological polar surface area (TPSA) is 68.7 Å². The molecule has 0 atom stereocenters. The average Bonchev–Trinajstić information content (AvgIpc) is 2.15. The third-order valence-electron chi connectivity index (χ3n) is 1.38. The summed E-state index contributed by atoms with van der Waals surface area (Å²) in [7, 11) is 0. The van der Waals surface area contributed by atoms with E-state index in [1.165, 1.54) is 19.2 Å². The molecular formula is C9H11NO4. The normalized spacial score (nSPS) is 9.50. The van der Waals surface area contributed by atoms with E-state index in [0.29, 0.717) is 0 Å². The van der Waals surface area contributed by atoms with Crippen molar-refractivity contribution < 1.29 is 19.4 Å². The van der Waals surface area contributed by atoms with Crippen LogP contribution in [0.4, 0.5) is 0 Å². The number of aromatic nitrogens is 1. The first-order valence-corrected chi connectivity index (χ1v) is 4.10. The molecular weight excluding hydrogens is 186 g/mol. The van der Waals surface area contributed by atoms with Crippen molar-refractivity contribution in [1.82, 2.24) is 4.98 Å². The summed E-state index contributed by atoms with van der Waals surface area (Å²) in [5, 5.41) is 9.22. The number of ether oxygens (including phenoxy) is 2. The number of esters is 1. The summed E-state index contributed by atoms with van der Waals surface area (Å²) in [5.74, 6) is -0.256. The summed E-state index contributed by atoms with van der Waals surface area (Å²) < 4.78 is 9.68. The fraction of sp³-hybridized carbons (Fsp3) is 0.333. The number of carbonyl (C=O) groups is 1. The Labute approximate surface area is 81.3 Å². The van der Waals surface area contributed by atoms with Gasteiger partial charge in [0.1, 0.15) is 13.2 Å². The molecule has 5 heteroatoms. The lowest BCUT2D eigenvalue weighted by atomic mass is 10.4. The van der Waals surface area contributed by atoms with E-state index in [1.54, 1.807) is 6.07 Å². The Kier molecular flexibility index (Phi) is 3.72. The van der Waals surface area contributed by atoms with Gasteiger partial charge in [-0.05, 0) is 12.1 Å². The molecule has 0 amide bonds. The largest absolute Gasteiger partial charge is 0.503 e. The number of aromatic hydroxyl groups is 1. The Morgan fingerprint density at radius 3 is 3.00 bits per heavy atom. The maximum atomic E-state index is 10.4. The Morgan fingerprint density at radius 1 is 1.57 bits per heavy atom. The van der Waals surface area contributed by atoms with Gasteiger partial charge in [0, 0.05) is 13.1 Å². The molecule has 0 saturated heterocycles. The molecule has 0 spiro atoms. The molecule has 0 radical (unpaired) electrons. The molecule has 5 nitrogen and oxygen atoms in total. The van der Waals surface area contributed by atoms with E-state index in [9.17, 15) is 9.90 Å². The van der Waals surface area contributed by atoms with E-state index in [1.807, 2.05) is 0 Å². The molecule has 1 aromatic heterocycles. The van der Waals surface area contributed by atoms with Crippen LogP contribution in [-0.2, 0) is 9.53 Å². The third-order valence-corrected chi connectivity index (χ3v) is 1.38. The number of hydrogen-bond acceptors (Lipinski definition) is 5. The van der Waals surface area contributed by atoms with Crippen molar-refractivity contribution >= 4 is 5.97 Å². The molecule has 1 N–H and O–H groups in total. The minimum absolute atomic E-state index is 0.0321. The van der Waals surface area contributed by atoms with Crippen molar-refractivity contribution in [1.29, 1.82) is 0 Å². The fourth-order valence-electron chi connectivity index (χ4n) is 0.817. The summed E-state index contributed by atoms with van der Waals surface area (Å²) >= 11 is 0. The highest BCUT2D eigenvalue weighted by molar-refractivity contribution is 5.65. The van der Waals surface area contributed by atoms with Crippen LogP contribution in [0.1, 0.15) is 6.92 Å². The molecule has 1 heterocycles. The maximum Gasteiger partial charge on any atom is 0.302 e. The minimum Gasteiger partial charge on any atom is -0.503 e. The number of hydrogen-bond donors (Lipinski definition) is 1. The maximum absolute atomic E-state index is 10.4. The van der Waals surface area contributed by atoms with Gasteiger partial charge in [0.15, 0.2) is 5.75 Å². The summed E-state index contributed by atoms with van der Waals surface area (Å²) in [6.07, 6.45) is 1.50. The molecule has 0 aliphatic carbocycles. The van der Waals surface area contributed by atoms with Crippen LogP contribution < -0.4 is 4.74 Å². The first-order chi connectivity index (χ1) is 6.70. The molecule has 1 rings (SSSR count). The van der Waals surface area contributed by atoms with E-state index in [-0.39, 0.29) is 30.8 Å². The van der Waals surface area contributed by atoms with Crippen molar-refractivity contribution in [3.05, 3.63) is 18.3 Å². The lowest BCUT2D eigenvalue weighted by Crippen LogP contribution is -2.10. The quantitative estimate of drug-likeness (QED) is 0.569. The van der Waals surface area contributed by atoms with Gasteiger partial charge in [-0.15, -0.1) is 0 Å². The molecule has 0 fully saturated rings. The van der Waals surface area contributed by atoms with E-state index in [4.69, 9.17) is 4.74 Å². The lowest BCUT2D eigenvalue weighted by Gasteiger charge is -2.05. The lowest BCUT2D eigenvalue weighted by molar-refractivity contribution is -0.141. The number of pyridine rings is 1. The van der Waals surface area contributed by atoms with E-state index >= 15 is 0 Å². The van der Waals surface area contributed by atoms with Gasteiger partial charge in [-0.3, -0.25) is 4.79 Å². The molecule has 0 aliphatic heterocycles. The second kappa shape index (κ2) is 5.06. The average molecular weight is 197 g/mol. The van der Waals surface area contributed by atoms with Crippen LogP contribution in [0.5, 0.6) is 11.6 Å². The van der Waals surface area contributed by atoms with Gasteiger partial charge in [-0.25, -0.2) is 4.98 Å². The Balaban J connectivity index is 2.31. The van der Waals surface area contributed by atoms with Gasteiger partial charge in [0.2, 0.25) is 0 Å². The van der Waals surface area contributed by atoms with Crippen LogP contribution in [0.3, 0.4) is 0 Å². The monoisotopic (exact) mass is 197 g/mol. The van der Waals surface area contributed by atoms with Crippen molar-refractivity contribution in [3.8, 4) is 11.6 Å². The van der Waals surface area contributed by atoms with Crippen LogP contribution in [-0.4, -0.2) is 29.3 Å². The fourth-order valence-corrected chi connectivity index (χ4v) is 0.817. The Hall–Kier alpha value is -1.78.